The summed E-state index contributed by atoms with van der Waals surface area (Å²) in [5, 5.41) is 2.72. The maximum Gasteiger partial charge on any atom is 0.307 e. The number of ether oxygens (including phenoxy) is 1. The van der Waals surface area contributed by atoms with Crippen molar-refractivity contribution >= 4 is 11.9 Å². The van der Waals surface area contributed by atoms with Crippen LogP contribution in [0, 0.1) is 5.92 Å². The first-order chi connectivity index (χ1) is 11.1. The Balaban J connectivity index is 3.25. The van der Waals surface area contributed by atoms with Crippen molar-refractivity contribution < 1.29 is 14.3 Å². The van der Waals surface area contributed by atoms with E-state index in [1.165, 1.54) is 51.4 Å². The molecular weight excluding hydrogens is 290 g/mol. The molecule has 0 rings (SSSR count). The van der Waals surface area contributed by atoms with E-state index in [9.17, 15) is 9.59 Å². The van der Waals surface area contributed by atoms with Gasteiger partial charge >= 0.3 is 5.97 Å². The minimum absolute atomic E-state index is 0.0208. The van der Waals surface area contributed by atoms with E-state index >= 15 is 0 Å². The lowest BCUT2D eigenvalue weighted by Gasteiger charge is -2.08. The number of esters is 1. The summed E-state index contributed by atoms with van der Waals surface area (Å²) >= 11 is 0. The third-order valence-electron chi connectivity index (χ3n) is 3.91. The lowest BCUT2D eigenvalue weighted by molar-refractivity contribution is -0.143. The van der Waals surface area contributed by atoms with Crippen LogP contribution in [0.4, 0.5) is 0 Å². The maximum absolute atomic E-state index is 11.5. The number of hydrogen-bond donors (Lipinski definition) is 1. The van der Waals surface area contributed by atoms with E-state index in [1.54, 1.807) is 0 Å². The minimum atomic E-state index is -0.218. The second kappa shape index (κ2) is 15.8. The molecule has 1 amide bonds. The third-order valence-corrected chi connectivity index (χ3v) is 3.91. The SMILES string of the molecule is CCCCCCCCCCCCOC(=O)CCNC(=O)C(C)C. The zero-order valence-corrected chi connectivity index (χ0v) is 15.5. The summed E-state index contributed by atoms with van der Waals surface area (Å²) in [6.45, 7) is 6.79. The number of rotatable bonds is 15. The smallest absolute Gasteiger partial charge is 0.307 e. The van der Waals surface area contributed by atoms with Gasteiger partial charge < -0.3 is 10.1 Å². The van der Waals surface area contributed by atoms with Gasteiger partial charge in [-0.1, -0.05) is 78.6 Å². The number of carbonyl (C=O) groups excluding carboxylic acids is 2. The van der Waals surface area contributed by atoms with Gasteiger partial charge in [0.1, 0.15) is 0 Å². The molecule has 0 aliphatic rings. The number of nitrogens with one attached hydrogen (secondary N) is 1. The van der Waals surface area contributed by atoms with Crippen LogP contribution >= 0.6 is 0 Å². The van der Waals surface area contributed by atoms with Crippen LogP contribution in [0.5, 0.6) is 0 Å². The lowest BCUT2D eigenvalue weighted by atomic mass is 10.1. The standard InChI is InChI=1S/C19H37NO3/c1-4-5-6-7-8-9-10-11-12-13-16-23-18(21)14-15-20-19(22)17(2)3/h17H,4-16H2,1-3H3,(H,20,22). The van der Waals surface area contributed by atoms with Crippen molar-refractivity contribution in [2.75, 3.05) is 13.2 Å². The van der Waals surface area contributed by atoms with E-state index < -0.39 is 0 Å². The fraction of sp³-hybridized carbons (Fsp3) is 0.895. The van der Waals surface area contributed by atoms with E-state index in [4.69, 9.17) is 4.74 Å². The Morgan fingerprint density at radius 2 is 1.39 bits per heavy atom. The summed E-state index contributed by atoms with van der Waals surface area (Å²) in [4.78, 5) is 22.8. The molecule has 23 heavy (non-hydrogen) atoms. The molecule has 0 radical (unpaired) electrons. The Kier molecular flexibility index (Phi) is 15.1. The summed E-state index contributed by atoms with van der Waals surface area (Å²) in [5.41, 5.74) is 0. The van der Waals surface area contributed by atoms with Crippen molar-refractivity contribution in [1.29, 1.82) is 0 Å². The summed E-state index contributed by atoms with van der Waals surface area (Å²) in [6.07, 6.45) is 13.0. The molecule has 0 aromatic carbocycles. The second-order valence-corrected chi connectivity index (χ2v) is 6.60. The molecule has 0 atom stereocenters. The van der Waals surface area contributed by atoms with Gasteiger partial charge in [-0.3, -0.25) is 9.59 Å². The average Bonchev–Trinajstić information content (AvgIpc) is 2.52. The Bertz CT molecular complexity index is 303. The largest absolute Gasteiger partial charge is 0.466 e. The minimum Gasteiger partial charge on any atom is -0.466 e. The van der Waals surface area contributed by atoms with Gasteiger partial charge in [-0.25, -0.2) is 0 Å². The topological polar surface area (TPSA) is 55.4 Å². The van der Waals surface area contributed by atoms with Crippen molar-refractivity contribution in [2.45, 2.75) is 91.4 Å². The van der Waals surface area contributed by atoms with Crippen molar-refractivity contribution in [1.82, 2.24) is 5.32 Å². The van der Waals surface area contributed by atoms with E-state index in [2.05, 4.69) is 12.2 Å². The van der Waals surface area contributed by atoms with E-state index in [0.717, 1.165) is 12.8 Å². The quantitative estimate of drug-likeness (QED) is 0.353. The van der Waals surface area contributed by atoms with Crippen LogP contribution in [0.25, 0.3) is 0 Å². The van der Waals surface area contributed by atoms with Gasteiger partial charge in [-0.15, -0.1) is 0 Å². The van der Waals surface area contributed by atoms with Crippen LogP contribution in [-0.4, -0.2) is 25.0 Å². The summed E-state index contributed by atoms with van der Waals surface area (Å²) < 4.78 is 5.17. The Labute approximate surface area is 142 Å². The Morgan fingerprint density at radius 1 is 0.870 bits per heavy atom. The van der Waals surface area contributed by atoms with Crippen LogP contribution in [0.1, 0.15) is 91.4 Å². The molecule has 0 aliphatic carbocycles. The zero-order chi connectivity index (χ0) is 17.3. The number of hydrogen-bond acceptors (Lipinski definition) is 3. The number of unbranched alkanes of at least 4 members (excludes halogenated alkanes) is 9. The summed E-state index contributed by atoms with van der Waals surface area (Å²) in [6, 6.07) is 0. The fourth-order valence-electron chi connectivity index (χ4n) is 2.34. The normalized spacial score (nSPS) is 10.8. The van der Waals surface area contributed by atoms with Gasteiger partial charge in [0.2, 0.25) is 5.91 Å². The highest BCUT2D eigenvalue weighted by Crippen LogP contribution is 2.10. The monoisotopic (exact) mass is 327 g/mol. The first-order valence-corrected chi connectivity index (χ1v) is 9.51. The first kappa shape index (κ1) is 21.9. The Morgan fingerprint density at radius 3 is 1.91 bits per heavy atom. The van der Waals surface area contributed by atoms with Gasteiger partial charge in [0, 0.05) is 12.5 Å². The Hall–Kier alpha value is -1.06. The second-order valence-electron chi connectivity index (χ2n) is 6.60. The zero-order valence-electron chi connectivity index (χ0n) is 15.5. The van der Waals surface area contributed by atoms with Crippen molar-refractivity contribution in [3.63, 3.8) is 0 Å². The van der Waals surface area contributed by atoms with E-state index in [0.29, 0.717) is 13.2 Å². The first-order valence-electron chi connectivity index (χ1n) is 9.51. The van der Waals surface area contributed by atoms with Crippen LogP contribution in [0.3, 0.4) is 0 Å². The molecule has 136 valence electrons. The van der Waals surface area contributed by atoms with Gasteiger partial charge in [0.05, 0.1) is 13.0 Å². The molecule has 1 N–H and O–H groups in total. The molecular formula is C19H37NO3. The fourth-order valence-corrected chi connectivity index (χ4v) is 2.34. The molecule has 0 aromatic rings. The highest BCUT2D eigenvalue weighted by molar-refractivity contribution is 5.78. The summed E-state index contributed by atoms with van der Waals surface area (Å²) in [7, 11) is 0. The van der Waals surface area contributed by atoms with Crippen LogP contribution in [0.2, 0.25) is 0 Å². The van der Waals surface area contributed by atoms with Crippen LogP contribution < -0.4 is 5.32 Å². The molecule has 0 saturated carbocycles. The molecule has 0 spiro atoms. The predicted molar refractivity (Wildman–Crippen MR) is 95.3 cm³/mol. The van der Waals surface area contributed by atoms with Gasteiger partial charge in [-0.2, -0.15) is 0 Å². The maximum atomic E-state index is 11.5. The van der Waals surface area contributed by atoms with Crippen LogP contribution in [0.15, 0.2) is 0 Å². The van der Waals surface area contributed by atoms with Crippen molar-refractivity contribution in [3.05, 3.63) is 0 Å². The van der Waals surface area contributed by atoms with Crippen molar-refractivity contribution in [3.8, 4) is 0 Å². The molecule has 0 aliphatic heterocycles. The highest BCUT2D eigenvalue weighted by Gasteiger charge is 2.07. The molecule has 4 nitrogen and oxygen atoms in total. The highest BCUT2D eigenvalue weighted by atomic mass is 16.5. The third kappa shape index (κ3) is 15.6. The number of amides is 1. The predicted octanol–water partition coefficient (Wildman–Crippen LogP) is 4.61. The van der Waals surface area contributed by atoms with Gasteiger partial charge in [0.15, 0.2) is 0 Å². The molecule has 0 aromatic heterocycles. The van der Waals surface area contributed by atoms with Gasteiger partial charge in [0.25, 0.3) is 0 Å². The van der Waals surface area contributed by atoms with Crippen LogP contribution in [-0.2, 0) is 14.3 Å². The lowest BCUT2D eigenvalue weighted by Crippen LogP contribution is -2.30. The van der Waals surface area contributed by atoms with Crippen molar-refractivity contribution in [2.24, 2.45) is 5.92 Å². The average molecular weight is 328 g/mol. The van der Waals surface area contributed by atoms with Gasteiger partial charge in [-0.05, 0) is 6.42 Å². The molecule has 0 unspecified atom stereocenters. The molecule has 0 bridgehead atoms. The molecule has 4 heteroatoms. The van der Waals surface area contributed by atoms with E-state index in [1.807, 2.05) is 13.8 Å². The molecule has 0 fully saturated rings. The molecule has 0 heterocycles. The van der Waals surface area contributed by atoms with E-state index in [-0.39, 0.29) is 24.2 Å². The number of carbonyl (C=O) groups is 2. The molecule has 0 saturated heterocycles. The summed E-state index contributed by atoms with van der Waals surface area (Å²) in [5.74, 6) is -0.282.